The van der Waals surface area contributed by atoms with Gasteiger partial charge in [0.25, 0.3) is 0 Å². The predicted molar refractivity (Wildman–Crippen MR) is 55.1 cm³/mol. The molecule has 1 N–H and O–H groups in total. The lowest BCUT2D eigenvalue weighted by molar-refractivity contribution is -0.116. The van der Waals surface area contributed by atoms with E-state index >= 15 is 0 Å². The first-order valence-corrected chi connectivity index (χ1v) is 4.10. The van der Waals surface area contributed by atoms with Crippen LogP contribution in [0, 0.1) is 0 Å². The molecule has 0 aromatic heterocycles. The summed E-state index contributed by atoms with van der Waals surface area (Å²) in [4.78, 5) is 10.9. The molecule has 0 spiro atoms. The summed E-state index contributed by atoms with van der Waals surface area (Å²) in [6.07, 6.45) is 7.11. The third kappa shape index (κ3) is 4.79. The van der Waals surface area contributed by atoms with Gasteiger partial charge in [0.2, 0.25) is 5.91 Å². The Hall–Kier alpha value is -0.960. The van der Waals surface area contributed by atoms with Gasteiger partial charge in [0.1, 0.15) is 0 Å². The Morgan fingerprint density at radius 1 is 1.33 bits per heavy atom. The Morgan fingerprint density at radius 3 is 2.50 bits per heavy atom. The second-order valence-electron chi connectivity index (χ2n) is 2.16. The van der Waals surface area contributed by atoms with Crippen molar-refractivity contribution in [2.75, 3.05) is 7.05 Å². The van der Waals surface area contributed by atoms with Crippen molar-refractivity contribution in [2.45, 2.75) is 6.92 Å². The van der Waals surface area contributed by atoms with Crippen LogP contribution in [0.5, 0.6) is 0 Å². The first-order valence-electron chi connectivity index (χ1n) is 3.58. The number of amides is 1. The minimum absolute atomic E-state index is 0.0606. The zero-order valence-corrected chi connectivity index (χ0v) is 8.14. The molecular weight excluding hydrogens is 170 g/mol. The average molecular weight is 183 g/mol. The number of hydrogen-bond donors (Lipinski definition) is 2. The topological polar surface area (TPSA) is 29.1 Å². The van der Waals surface area contributed by atoms with Gasteiger partial charge in [0.15, 0.2) is 0 Å². The van der Waals surface area contributed by atoms with Crippen molar-refractivity contribution >= 4 is 18.5 Å². The van der Waals surface area contributed by atoms with Crippen LogP contribution in [-0.2, 0) is 4.79 Å². The molecule has 0 radical (unpaired) electrons. The van der Waals surface area contributed by atoms with Crippen molar-refractivity contribution in [1.29, 1.82) is 0 Å². The number of rotatable bonds is 3. The molecule has 0 saturated carbocycles. The molecule has 0 unspecified atom stereocenters. The second-order valence-corrected chi connectivity index (χ2v) is 2.45. The highest BCUT2D eigenvalue weighted by molar-refractivity contribution is 7.83. The van der Waals surface area contributed by atoms with Gasteiger partial charge >= 0.3 is 0 Å². The Labute approximate surface area is 78.5 Å². The van der Waals surface area contributed by atoms with E-state index in [0.717, 1.165) is 0 Å². The molecule has 0 atom stereocenters. The predicted octanol–water partition coefficient (Wildman–Crippen LogP) is 1.68. The maximum Gasteiger partial charge on any atom is 0.246 e. The average Bonchev–Trinajstić information content (AvgIpc) is 2.10. The molecule has 2 nitrogen and oxygen atoms in total. The van der Waals surface area contributed by atoms with Gasteiger partial charge in [-0.3, -0.25) is 4.79 Å². The van der Waals surface area contributed by atoms with Crippen molar-refractivity contribution in [1.82, 2.24) is 5.32 Å². The molecule has 0 bridgehead atoms. The van der Waals surface area contributed by atoms with Crippen LogP contribution in [0.2, 0.25) is 0 Å². The standard InChI is InChI=1S/C9H13NOS/c1-8(9(11)10-2)6-4-3-5-7-12/h3-7,12H,1-2H3,(H,10,11)/b4-3-,7-5+,8-6+. The lowest BCUT2D eigenvalue weighted by Crippen LogP contribution is -2.18. The first-order chi connectivity index (χ1) is 5.72. The summed E-state index contributed by atoms with van der Waals surface area (Å²) >= 11 is 3.87. The van der Waals surface area contributed by atoms with Crippen LogP contribution < -0.4 is 5.32 Å². The van der Waals surface area contributed by atoms with Gasteiger partial charge in [-0.2, -0.15) is 12.6 Å². The third-order valence-electron chi connectivity index (χ3n) is 1.24. The van der Waals surface area contributed by atoms with Crippen LogP contribution in [0.3, 0.4) is 0 Å². The summed E-state index contributed by atoms with van der Waals surface area (Å²) < 4.78 is 0. The molecule has 0 aromatic rings. The monoisotopic (exact) mass is 183 g/mol. The number of thiol groups is 1. The van der Waals surface area contributed by atoms with Crippen molar-refractivity contribution in [3.05, 3.63) is 35.3 Å². The Kier molecular flexibility index (Phi) is 6.19. The van der Waals surface area contributed by atoms with Gasteiger partial charge in [-0.05, 0) is 12.3 Å². The fourth-order valence-electron chi connectivity index (χ4n) is 0.587. The number of likely N-dealkylation sites (N-methyl/N-ethyl adjacent to an activating group) is 1. The molecule has 0 saturated heterocycles. The molecular formula is C9H13NOS. The van der Waals surface area contributed by atoms with Gasteiger partial charge in [-0.15, -0.1) is 0 Å². The highest BCUT2D eigenvalue weighted by atomic mass is 32.1. The number of carbonyl (C=O) groups excluding carboxylic acids is 1. The fourth-order valence-corrected chi connectivity index (χ4v) is 0.686. The largest absolute Gasteiger partial charge is 0.355 e. The molecule has 0 aromatic carbocycles. The molecule has 12 heavy (non-hydrogen) atoms. The van der Waals surface area contributed by atoms with Crippen molar-refractivity contribution in [3.63, 3.8) is 0 Å². The zero-order valence-electron chi connectivity index (χ0n) is 7.24. The molecule has 0 aliphatic heterocycles. The highest BCUT2D eigenvalue weighted by Crippen LogP contribution is 1.92. The molecule has 3 heteroatoms. The summed E-state index contributed by atoms with van der Waals surface area (Å²) in [6.45, 7) is 1.76. The third-order valence-corrected chi connectivity index (χ3v) is 1.41. The quantitative estimate of drug-likeness (QED) is 0.389. The Balaban J connectivity index is 4.08. The van der Waals surface area contributed by atoms with E-state index in [1.807, 2.05) is 0 Å². The summed E-state index contributed by atoms with van der Waals surface area (Å²) in [5.74, 6) is -0.0606. The van der Waals surface area contributed by atoms with Crippen LogP contribution in [0.4, 0.5) is 0 Å². The smallest absolute Gasteiger partial charge is 0.246 e. The Bertz CT molecular complexity index is 229. The van der Waals surface area contributed by atoms with Crippen LogP contribution >= 0.6 is 12.6 Å². The van der Waals surface area contributed by atoms with Crippen molar-refractivity contribution < 1.29 is 4.79 Å². The molecule has 0 heterocycles. The number of carbonyl (C=O) groups is 1. The van der Waals surface area contributed by atoms with Crippen LogP contribution in [-0.4, -0.2) is 13.0 Å². The van der Waals surface area contributed by atoms with Crippen molar-refractivity contribution in [3.8, 4) is 0 Å². The first kappa shape index (κ1) is 11.0. The van der Waals surface area contributed by atoms with E-state index in [0.29, 0.717) is 5.57 Å². The van der Waals surface area contributed by atoms with Gasteiger partial charge in [-0.25, -0.2) is 0 Å². The molecule has 66 valence electrons. The summed E-state index contributed by atoms with van der Waals surface area (Å²) in [5, 5.41) is 4.16. The highest BCUT2D eigenvalue weighted by Gasteiger charge is 1.96. The van der Waals surface area contributed by atoms with Gasteiger partial charge < -0.3 is 5.32 Å². The number of hydrogen-bond acceptors (Lipinski definition) is 2. The summed E-state index contributed by atoms with van der Waals surface area (Å²) in [5.41, 5.74) is 0.682. The lowest BCUT2D eigenvalue weighted by atomic mass is 10.2. The summed E-state index contributed by atoms with van der Waals surface area (Å²) in [6, 6.07) is 0. The molecule has 0 aliphatic rings. The van der Waals surface area contributed by atoms with E-state index in [1.54, 1.807) is 43.7 Å². The van der Waals surface area contributed by atoms with Gasteiger partial charge in [-0.1, -0.05) is 24.3 Å². The van der Waals surface area contributed by atoms with E-state index in [-0.39, 0.29) is 5.91 Å². The summed E-state index contributed by atoms with van der Waals surface area (Å²) in [7, 11) is 1.61. The normalized spacial score (nSPS) is 12.8. The minimum Gasteiger partial charge on any atom is -0.355 e. The Morgan fingerprint density at radius 2 is 2.00 bits per heavy atom. The van der Waals surface area contributed by atoms with Crippen LogP contribution in [0.25, 0.3) is 0 Å². The van der Waals surface area contributed by atoms with E-state index in [4.69, 9.17) is 0 Å². The van der Waals surface area contributed by atoms with E-state index in [9.17, 15) is 4.79 Å². The number of allylic oxidation sites excluding steroid dienone is 4. The lowest BCUT2D eigenvalue weighted by Gasteiger charge is -1.95. The van der Waals surface area contributed by atoms with Gasteiger partial charge in [0.05, 0.1) is 0 Å². The fraction of sp³-hybridized carbons (Fsp3) is 0.222. The molecule has 0 aliphatic carbocycles. The minimum atomic E-state index is -0.0606. The molecule has 0 fully saturated rings. The maximum atomic E-state index is 10.9. The van der Waals surface area contributed by atoms with E-state index in [1.165, 1.54) is 0 Å². The van der Waals surface area contributed by atoms with E-state index in [2.05, 4.69) is 17.9 Å². The van der Waals surface area contributed by atoms with Gasteiger partial charge in [0, 0.05) is 12.6 Å². The van der Waals surface area contributed by atoms with E-state index < -0.39 is 0 Å². The SMILES string of the molecule is CNC(=O)/C(C)=C/C=C\C=C\S. The maximum absolute atomic E-state index is 10.9. The molecule has 1 amide bonds. The van der Waals surface area contributed by atoms with Crippen LogP contribution in [0.15, 0.2) is 35.3 Å². The number of nitrogens with one attached hydrogen (secondary N) is 1. The molecule has 0 rings (SSSR count). The zero-order chi connectivity index (χ0) is 9.40. The van der Waals surface area contributed by atoms with Crippen LogP contribution in [0.1, 0.15) is 6.92 Å². The van der Waals surface area contributed by atoms with Crippen molar-refractivity contribution in [2.24, 2.45) is 0 Å². The second kappa shape index (κ2) is 6.73.